The van der Waals surface area contributed by atoms with Crippen LogP contribution in [0, 0.1) is 20.8 Å². The molecule has 3 heteroatoms. The molecule has 0 spiro atoms. The van der Waals surface area contributed by atoms with E-state index in [1.807, 2.05) is 11.8 Å². The molecule has 1 aromatic rings. The molecule has 2 amide bonds. The van der Waals surface area contributed by atoms with Gasteiger partial charge in [0.2, 0.25) is 0 Å². The third-order valence-corrected chi connectivity index (χ3v) is 3.84. The average molecular weight is 232 g/mol. The Labute approximate surface area is 103 Å². The number of hydrogen-bond donors (Lipinski definition) is 1. The van der Waals surface area contributed by atoms with Crippen LogP contribution in [0.25, 0.3) is 0 Å². The first-order valence-corrected chi connectivity index (χ1v) is 6.16. The Kier molecular flexibility index (Phi) is 3.09. The molecule has 1 heterocycles. The summed E-state index contributed by atoms with van der Waals surface area (Å²) in [6.45, 7) is 9.96. The van der Waals surface area contributed by atoms with Crippen molar-refractivity contribution < 1.29 is 4.79 Å². The van der Waals surface area contributed by atoms with Gasteiger partial charge in [-0.25, -0.2) is 4.79 Å². The molecular weight excluding hydrogens is 212 g/mol. The second-order valence-electron chi connectivity index (χ2n) is 4.76. The molecule has 1 fully saturated rings. The lowest BCUT2D eigenvalue weighted by Gasteiger charge is -2.16. The minimum atomic E-state index is 0.0510. The van der Waals surface area contributed by atoms with Crippen LogP contribution in [0.2, 0.25) is 0 Å². The first-order chi connectivity index (χ1) is 8.04. The molecule has 17 heavy (non-hydrogen) atoms. The number of carbonyl (C=O) groups excluding carboxylic acids is 1. The second kappa shape index (κ2) is 4.40. The number of amides is 2. The summed E-state index contributed by atoms with van der Waals surface area (Å²) in [5.74, 6) is 0. The molecule has 0 aromatic heterocycles. The van der Waals surface area contributed by atoms with E-state index in [0.29, 0.717) is 0 Å². The smallest absolute Gasteiger partial charge is 0.318 e. The van der Waals surface area contributed by atoms with Crippen molar-refractivity contribution in [2.45, 2.75) is 33.7 Å². The van der Waals surface area contributed by atoms with Crippen molar-refractivity contribution in [3.05, 3.63) is 34.4 Å². The van der Waals surface area contributed by atoms with E-state index in [9.17, 15) is 4.79 Å². The van der Waals surface area contributed by atoms with Gasteiger partial charge in [-0.2, -0.15) is 0 Å². The van der Waals surface area contributed by atoms with Crippen LogP contribution in [-0.2, 0) is 0 Å². The Bertz CT molecular complexity index is 454. The van der Waals surface area contributed by atoms with Crippen LogP contribution < -0.4 is 5.32 Å². The maximum absolute atomic E-state index is 11.7. The number of nitrogens with zero attached hydrogens (tertiary/aromatic N) is 1. The third kappa shape index (κ3) is 2.02. The summed E-state index contributed by atoms with van der Waals surface area (Å²) < 4.78 is 0. The number of nitrogens with one attached hydrogen (secondary N) is 1. The maximum Gasteiger partial charge on any atom is 0.318 e. The van der Waals surface area contributed by atoms with Gasteiger partial charge >= 0.3 is 6.03 Å². The van der Waals surface area contributed by atoms with E-state index in [4.69, 9.17) is 0 Å². The lowest BCUT2D eigenvalue weighted by atomic mass is 9.94. The average Bonchev–Trinajstić information content (AvgIpc) is 2.67. The van der Waals surface area contributed by atoms with E-state index < -0.39 is 0 Å². The number of benzene rings is 1. The Morgan fingerprint density at radius 1 is 1.29 bits per heavy atom. The molecule has 1 atom stereocenters. The van der Waals surface area contributed by atoms with Gasteiger partial charge in [-0.1, -0.05) is 12.1 Å². The van der Waals surface area contributed by atoms with E-state index in [1.165, 1.54) is 22.3 Å². The lowest BCUT2D eigenvalue weighted by Crippen LogP contribution is -2.27. The zero-order chi connectivity index (χ0) is 12.6. The van der Waals surface area contributed by atoms with Gasteiger partial charge in [0.05, 0.1) is 6.04 Å². The van der Waals surface area contributed by atoms with Crippen LogP contribution in [0.5, 0.6) is 0 Å². The van der Waals surface area contributed by atoms with Crippen LogP contribution in [-0.4, -0.2) is 24.0 Å². The highest BCUT2D eigenvalue weighted by atomic mass is 16.2. The predicted octanol–water partition coefficient (Wildman–Crippen LogP) is 2.70. The fourth-order valence-electron chi connectivity index (χ4n) is 2.39. The molecule has 1 aromatic carbocycles. The van der Waals surface area contributed by atoms with E-state index >= 15 is 0 Å². The Morgan fingerprint density at radius 3 is 2.59 bits per heavy atom. The van der Waals surface area contributed by atoms with Gasteiger partial charge in [-0.15, -0.1) is 0 Å². The van der Waals surface area contributed by atoms with Gasteiger partial charge in [0, 0.05) is 13.1 Å². The van der Waals surface area contributed by atoms with Gasteiger partial charge in [0.15, 0.2) is 0 Å². The lowest BCUT2D eigenvalue weighted by molar-refractivity contribution is 0.219. The molecule has 1 N–H and O–H groups in total. The summed E-state index contributed by atoms with van der Waals surface area (Å²) >= 11 is 0. The highest BCUT2D eigenvalue weighted by Gasteiger charge is 2.29. The number of hydrogen-bond acceptors (Lipinski definition) is 1. The van der Waals surface area contributed by atoms with Crippen molar-refractivity contribution in [1.82, 2.24) is 10.2 Å². The SMILES string of the molecule is CCN1CC(c2ccc(C)c(C)c2C)NC1=O. The normalized spacial score (nSPS) is 19.6. The fraction of sp³-hybridized carbons (Fsp3) is 0.500. The van der Waals surface area contributed by atoms with E-state index in [1.54, 1.807) is 0 Å². The van der Waals surface area contributed by atoms with E-state index in [2.05, 4.69) is 38.2 Å². The molecule has 1 unspecified atom stereocenters. The molecule has 1 aliphatic rings. The van der Waals surface area contributed by atoms with Crippen LogP contribution >= 0.6 is 0 Å². The quantitative estimate of drug-likeness (QED) is 0.835. The van der Waals surface area contributed by atoms with E-state index in [0.717, 1.165) is 13.1 Å². The predicted molar refractivity (Wildman–Crippen MR) is 69.2 cm³/mol. The highest BCUT2D eigenvalue weighted by Crippen LogP contribution is 2.26. The van der Waals surface area contributed by atoms with Crippen molar-refractivity contribution in [2.24, 2.45) is 0 Å². The number of rotatable bonds is 2. The number of urea groups is 1. The summed E-state index contributed by atoms with van der Waals surface area (Å²) in [6, 6.07) is 4.47. The van der Waals surface area contributed by atoms with E-state index in [-0.39, 0.29) is 12.1 Å². The van der Waals surface area contributed by atoms with Gasteiger partial charge < -0.3 is 10.2 Å². The highest BCUT2D eigenvalue weighted by molar-refractivity contribution is 5.77. The molecule has 3 nitrogen and oxygen atoms in total. The summed E-state index contributed by atoms with van der Waals surface area (Å²) in [6.07, 6.45) is 0. The van der Waals surface area contributed by atoms with Crippen molar-refractivity contribution in [3.8, 4) is 0 Å². The topological polar surface area (TPSA) is 32.3 Å². The van der Waals surface area contributed by atoms with Crippen molar-refractivity contribution in [3.63, 3.8) is 0 Å². The minimum absolute atomic E-state index is 0.0510. The number of likely N-dealkylation sites (N-methyl/N-ethyl adjacent to an activating group) is 1. The van der Waals surface area contributed by atoms with Crippen LogP contribution in [0.15, 0.2) is 12.1 Å². The van der Waals surface area contributed by atoms with Crippen LogP contribution in [0.3, 0.4) is 0 Å². The number of aryl methyl sites for hydroxylation is 1. The molecule has 92 valence electrons. The monoisotopic (exact) mass is 232 g/mol. The molecule has 2 rings (SSSR count). The van der Waals surface area contributed by atoms with Gasteiger partial charge in [0.1, 0.15) is 0 Å². The molecule has 0 bridgehead atoms. The Balaban J connectivity index is 2.31. The molecule has 0 aliphatic carbocycles. The van der Waals surface area contributed by atoms with Crippen molar-refractivity contribution >= 4 is 6.03 Å². The Morgan fingerprint density at radius 2 is 2.00 bits per heavy atom. The maximum atomic E-state index is 11.7. The minimum Gasteiger partial charge on any atom is -0.329 e. The molecular formula is C14H20N2O. The summed E-state index contributed by atoms with van der Waals surface area (Å²) in [5.41, 5.74) is 5.18. The van der Waals surface area contributed by atoms with Gasteiger partial charge in [-0.05, 0) is 49.9 Å². The largest absolute Gasteiger partial charge is 0.329 e. The standard InChI is InChI=1S/C14H20N2O/c1-5-16-8-13(15-14(16)17)12-7-6-9(2)10(3)11(12)4/h6-7,13H,5,8H2,1-4H3,(H,15,17). The van der Waals surface area contributed by atoms with Crippen molar-refractivity contribution in [2.75, 3.05) is 13.1 Å². The van der Waals surface area contributed by atoms with Crippen LogP contribution in [0.1, 0.15) is 35.2 Å². The van der Waals surface area contributed by atoms with Gasteiger partial charge in [-0.3, -0.25) is 0 Å². The third-order valence-electron chi connectivity index (χ3n) is 3.84. The first-order valence-electron chi connectivity index (χ1n) is 6.16. The summed E-state index contributed by atoms with van der Waals surface area (Å²) in [5, 5.41) is 3.05. The second-order valence-corrected chi connectivity index (χ2v) is 4.76. The zero-order valence-electron chi connectivity index (χ0n) is 11.0. The summed E-state index contributed by atoms with van der Waals surface area (Å²) in [4.78, 5) is 13.5. The number of carbonyl (C=O) groups is 1. The molecule has 1 aliphatic heterocycles. The molecule has 1 saturated heterocycles. The Hall–Kier alpha value is -1.51. The first kappa shape index (κ1) is 12.0. The fourth-order valence-corrected chi connectivity index (χ4v) is 2.39. The molecule has 0 saturated carbocycles. The van der Waals surface area contributed by atoms with Crippen LogP contribution in [0.4, 0.5) is 4.79 Å². The van der Waals surface area contributed by atoms with Gasteiger partial charge in [0.25, 0.3) is 0 Å². The molecule has 0 radical (unpaired) electrons. The zero-order valence-corrected chi connectivity index (χ0v) is 11.0. The van der Waals surface area contributed by atoms with Crippen molar-refractivity contribution in [1.29, 1.82) is 0 Å². The summed E-state index contributed by atoms with van der Waals surface area (Å²) in [7, 11) is 0.